The first-order valence-electron chi connectivity index (χ1n) is 31.1. The van der Waals surface area contributed by atoms with E-state index in [0.29, 0.717) is 23.9 Å². The second kappa shape index (κ2) is 53.8. The number of aliphatic hydroxyl groups excluding tert-OH is 2. The quantitative estimate of drug-likeness (QED) is 0.0207. The van der Waals surface area contributed by atoms with E-state index >= 15 is 0 Å². The van der Waals surface area contributed by atoms with Gasteiger partial charge >= 0.3 is 7.82 Å². The van der Waals surface area contributed by atoms with E-state index in [2.05, 4.69) is 60.8 Å². The minimum atomic E-state index is -4.43. The van der Waals surface area contributed by atoms with Gasteiger partial charge < -0.3 is 24.9 Å². The largest absolute Gasteiger partial charge is 0.472 e. The Kier molecular flexibility index (Phi) is 52.6. The van der Waals surface area contributed by atoms with Crippen molar-refractivity contribution in [3.8, 4) is 0 Å². The summed E-state index contributed by atoms with van der Waals surface area (Å²) in [7, 11) is 1.41. The van der Waals surface area contributed by atoms with E-state index in [-0.39, 0.29) is 18.9 Å². The molecule has 0 aromatic carbocycles. The summed E-state index contributed by atoms with van der Waals surface area (Å²) in [5.74, 6) is -0.271. The molecule has 4 atom stereocenters. The number of likely N-dealkylation sites (N-methyl/N-ethyl adjacent to an activating group) is 1. The van der Waals surface area contributed by atoms with Gasteiger partial charge in [-0.3, -0.25) is 13.8 Å². The van der Waals surface area contributed by atoms with Crippen LogP contribution in [0.5, 0.6) is 0 Å². The van der Waals surface area contributed by atoms with Crippen LogP contribution in [0.4, 0.5) is 0 Å². The molecular weight excluding hydrogens is 928 g/mol. The van der Waals surface area contributed by atoms with Crippen LogP contribution in [0.2, 0.25) is 0 Å². The zero-order valence-electron chi connectivity index (χ0n) is 48.7. The Bertz CT molecular complexity index is 1350. The topological polar surface area (TPSA) is 125 Å². The number of nitrogens with zero attached hydrogens (tertiary/aromatic N) is 1. The molecule has 4 N–H and O–H groups in total. The van der Waals surface area contributed by atoms with Crippen LogP contribution in [-0.2, 0) is 18.4 Å². The van der Waals surface area contributed by atoms with Crippen LogP contribution in [0, 0.1) is 0 Å². The van der Waals surface area contributed by atoms with Crippen LogP contribution in [0.3, 0.4) is 0 Å². The molecule has 0 bridgehead atoms. The van der Waals surface area contributed by atoms with Crippen LogP contribution in [0.25, 0.3) is 0 Å². The number of quaternary nitrogens is 1. The van der Waals surface area contributed by atoms with Gasteiger partial charge in [-0.25, -0.2) is 4.57 Å². The number of unbranched alkanes of at least 4 members (excludes halogenated alkanes) is 36. The zero-order chi connectivity index (χ0) is 53.6. The second-order valence-electron chi connectivity index (χ2n) is 22.6. The van der Waals surface area contributed by atoms with Gasteiger partial charge in [-0.2, -0.15) is 0 Å². The number of phosphoric ester groups is 1. The number of hydrogen-bond acceptors (Lipinski definition) is 6. The molecule has 10 heteroatoms. The highest BCUT2D eigenvalue weighted by Crippen LogP contribution is 2.43. The Morgan fingerprint density at radius 3 is 1.22 bits per heavy atom. The van der Waals surface area contributed by atoms with Gasteiger partial charge in [-0.15, -0.1) is 0 Å². The van der Waals surface area contributed by atoms with Crippen molar-refractivity contribution in [3.05, 3.63) is 48.6 Å². The molecule has 0 aromatic rings. The molecule has 430 valence electrons. The number of phosphoric acid groups is 1. The molecule has 9 nitrogen and oxygen atoms in total. The molecule has 0 heterocycles. The Morgan fingerprint density at radius 1 is 0.493 bits per heavy atom. The number of rotatable bonds is 57. The van der Waals surface area contributed by atoms with Crippen molar-refractivity contribution in [2.24, 2.45) is 0 Å². The molecule has 0 spiro atoms. The van der Waals surface area contributed by atoms with Gasteiger partial charge in [0.25, 0.3) is 0 Å². The minimum Gasteiger partial charge on any atom is -0.390 e. The predicted octanol–water partition coefficient (Wildman–Crippen LogP) is 18.1. The average molecular weight is 1050 g/mol. The number of carbonyl (C=O) groups is 1. The fraction of sp³-hybridized carbons (Fsp3) is 0.857. The molecule has 0 fully saturated rings. The minimum absolute atomic E-state index is 0.0128. The zero-order valence-corrected chi connectivity index (χ0v) is 49.6. The van der Waals surface area contributed by atoms with Crippen LogP contribution in [0.15, 0.2) is 48.6 Å². The molecule has 73 heavy (non-hydrogen) atoms. The van der Waals surface area contributed by atoms with E-state index in [4.69, 9.17) is 9.05 Å². The highest BCUT2D eigenvalue weighted by Gasteiger charge is 2.32. The lowest BCUT2D eigenvalue weighted by Crippen LogP contribution is -2.51. The molecule has 1 amide bonds. The molecule has 0 saturated heterocycles. The van der Waals surface area contributed by atoms with Crippen molar-refractivity contribution < 1.29 is 38.0 Å². The van der Waals surface area contributed by atoms with E-state index in [0.717, 1.165) is 51.4 Å². The summed E-state index contributed by atoms with van der Waals surface area (Å²) in [6.45, 7) is 4.38. The summed E-state index contributed by atoms with van der Waals surface area (Å²) >= 11 is 0. The molecular formula is C63H122N2O7P+. The molecule has 0 aliphatic rings. The Balaban J connectivity index is 3.96. The number of carbonyl (C=O) groups excluding carboxylic acids is 1. The molecule has 0 aliphatic heterocycles. The van der Waals surface area contributed by atoms with E-state index < -0.39 is 32.7 Å². The lowest BCUT2D eigenvalue weighted by atomic mass is 10.0. The van der Waals surface area contributed by atoms with E-state index in [1.807, 2.05) is 28.1 Å². The number of nitrogens with one attached hydrogen (secondary N) is 1. The number of aliphatic hydroxyl groups is 2. The van der Waals surface area contributed by atoms with Gasteiger partial charge in [-0.05, 0) is 84.0 Å². The molecule has 0 radical (unpaired) electrons. The van der Waals surface area contributed by atoms with Crippen molar-refractivity contribution in [1.82, 2.24) is 5.32 Å². The highest BCUT2D eigenvalue weighted by molar-refractivity contribution is 7.47. The number of amides is 1. The molecule has 0 aliphatic carbocycles. The van der Waals surface area contributed by atoms with Crippen molar-refractivity contribution in [2.75, 3.05) is 40.9 Å². The van der Waals surface area contributed by atoms with E-state index in [1.54, 1.807) is 0 Å². The van der Waals surface area contributed by atoms with Gasteiger partial charge in [-0.1, -0.05) is 248 Å². The van der Waals surface area contributed by atoms with Crippen LogP contribution >= 0.6 is 7.82 Å². The fourth-order valence-corrected chi connectivity index (χ4v) is 10.0. The maximum absolute atomic E-state index is 13.0. The van der Waals surface area contributed by atoms with Gasteiger partial charge in [0.15, 0.2) is 0 Å². The van der Waals surface area contributed by atoms with Gasteiger partial charge in [0, 0.05) is 6.42 Å². The van der Waals surface area contributed by atoms with Crippen LogP contribution in [0.1, 0.15) is 290 Å². The molecule has 0 aromatic heterocycles. The summed E-state index contributed by atoms with van der Waals surface area (Å²) in [6, 6.07) is -1.06. The van der Waals surface area contributed by atoms with E-state index in [9.17, 15) is 24.5 Å². The first-order chi connectivity index (χ1) is 35.4. The van der Waals surface area contributed by atoms with Crippen LogP contribution < -0.4 is 5.32 Å². The van der Waals surface area contributed by atoms with E-state index in [1.165, 1.54) is 205 Å². The summed E-state index contributed by atoms with van der Waals surface area (Å²) in [5, 5.41) is 24.8. The summed E-state index contributed by atoms with van der Waals surface area (Å²) < 4.78 is 23.6. The van der Waals surface area contributed by atoms with Crippen molar-refractivity contribution >= 4 is 13.7 Å². The third-order valence-electron chi connectivity index (χ3n) is 14.2. The Hall–Kier alpha value is -1.58. The number of allylic oxidation sites excluding steroid dienone is 8. The smallest absolute Gasteiger partial charge is 0.390 e. The summed E-state index contributed by atoms with van der Waals surface area (Å²) in [4.78, 5) is 23.3. The predicted molar refractivity (Wildman–Crippen MR) is 315 cm³/mol. The highest BCUT2D eigenvalue weighted by atomic mass is 31.2. The maximum atomic E-state index is 13.0. The molecule has 4 unspecified atom stereocenters. The fourth-order valence-electron chi connectivity index (χ4n) is 9.30. The Morgan fingerprint density at radius 2 is 0.836 bits per heavy atom. The second-order valence-corrected chi connectivity index (χ2v) is 24.0. The molecule has 0 rings (SSSR count). The van der Waals surface area contributed by atoms with Crippen molar-refractivity contribution in [3.63, 3.8) is 0 Å². The Labute approximate surface area is 452 Å². The third kappa shape index (κ3) is 55.0. The van der Waals surface area contributed by atoms with Crippen LogP contribution in [-0.4, -0.2) is 84.6 Å². The van der Waals surface area contributed by atoms with Gasteiger partial charge in [0.1, 0.15) is 19.3 Å². The lowest BCUT2D eigenvalue weighted by Gasteiger charge is -2.28. The standard InChI is InChI=1S/C63H121N2O7P/c1-6-8-10-12-14-16-18-20-21-22-23-24-25-26-27-28-29-30-31-32-33-34-35-36-37-38-39-40-41-42-43-44-46-48-50-52-54-56-62(67)64-60(59-72-73(69,70)71-58-57-65(3,4)5)63(68)61(66)55-53-51-49-47-45-19-17-15-13-11-9-7-2/h7,9,15,17,22-23,47,49,60-61,63,66,68H,6,8,10-14,16,18-21,24-46,48,50-59H2,1-5H3,(H-,64,67,69,70)/p+1/b9-7+,17-15+,23-22-,49-47+. The molecule has 0 saturated carbocycles. The number of hydrogen-bond donors (Lipinski definition) is 4. The third-order valence-corrected chi connectivity index (χ3v) is 15.2. The lowest BCUT2D eigenvalue weighted by molar-refractivity contribution is -0.870. The normalized spacial score (nSPS) is 14.6. The first-order valence-corrected chi connectivity index (χ1v) is 32.5. The van der Waals surface area contributed by atoms with Crippen molar-refractivity contribution in [2.45, 2.75) is 308 Å². The summed E-state index contributed by atoms with van der Waals surface area (Å²) in [5.41, 5.74) is 0. The summed E-state index contributed by atoms with van der Waals surface area (Å²) in [6.07, 6.45) is 68.3. The average Bonchev–Trinajstić information content (AvgIpc) is 3.35. The first kappa shape index (κ1) is 71.4. The van der Waals surface area contributed by atoms with Crippen molar-refractivity contribution in [1.29, 1.82) is 0 Å². The van der Waals surface area contributed by atoms with Gasteiger partial charge in [0.2, 0.25) is 5.91 Å². The maximum Gasteiger partial charge on any atom is 0.472 e. The SMILES string of the molecule is C/C=C/CC/C=C/CC/C=C/CCCC(O)C(O)C(COP(=O)(O)OCC[N+](C)(C)C)NC(=O)CCCCCCCCCCCCCCCCCCCCCCCCCCC/C=C\CCCCCCCCCC. The monoisotopic (exact) mass is 1050 g/mol. The van der Waals surface area contributed by atoms with Gasteiger partial charge in [0.05, 0.1) is 39.9 Å².